The van der Waals surface area contributed by atoms with Gasteiger partial charge in [-0.3, -0.25) is 4.79 Å². The van der Waals surface area contributed by atoms with Gasteiger partial charge in [-0.2, -0.15) is 13.2 Å². The van der Waals surface area contributed by atoms with E-state index >= 15 is 0 Å². The van der Waals surface area contributed by atoms with Crippen LogP contribution in [0.15, 0.2) is 24.3 Å². The molecule has 0 aromatic heterocycles. The molecule has 0 aliphatic carbocycles. The zero-order valence-corrected chi connectivity index (χ0v) is 8.58. The maximum Gasteiger partial charge on any atom is 0.416 e. The summed E-state index contributed by atoms with van der Waals surface area (Å²) in [5, 5.41) is 9.24. The Morgan fingerprint density at radius 1 is 1.31 bits per heavy atom. The molecule has 5 heteroatoms. The Balaban J connectivity index is 2.76. The molecule has 0 fully saturated rings. The van der Waals surface area contributed by atoms with Crippen LogP contribution >= 0.6 is 0 Å². The molecule has 0 aliphatic rings. The number of aliphatic hydroxyl groups is 1. The lowest BCUT2D eigenvalue weighted by Crippen LogP contribution is -2.19. The molecule has 0 aliphatic heterocycles. The largest absolute Gasteiger partial charge is 0.416 e. The number of rotatable bonds is 3. The van der Waals surface area contributed by atoms with Crippen molar-refractivity contribution in [3.63, 3.8) is 0 Å². The normalized spacial score (nSPS) is 13.6. The summed E-state index contributed by atoms with van der Waals surface area (Å²) in [6.45, 7) is 1.23. The lowest BCUT2D eigenvalue weighted by Gasteiger charge is -2.09. The van der Waals surface area contributed by atoms with Gasteiger partial charge in [-0.15, -0.1) is 0 Å². The van der Waals surface area contributed by atoms with Crippen molar-refractivity contribution in [3.05, 3.63) is 35.4 Å². The first kappa shape index (κ1) is 12.7. The van der Waals surface area contributed by atoms with Crippen molar-refractivity contribution in [1.82, 2.24) is 0 Å². The van der Waals surface area contributed by atoms with Gasteiger partial charge >= 0.3 is 6.18 Å². The predicted molar refractivity (Wildman–Crippen MR) is 51.8 cm³/mol. The molecule has 2 nitrogen and oxygen atoms in total. The van der Waals surface area contributed by atoms with Crippen molar-refractivity contribution in [1.29, 1.82) is 0 Å². The van der Waals surface area contributed by atoms with Crippen molar-refractivity contribution >= 4 is 5.78 Å². The first-order valence-electron chi connectivity index (χ1n) is 4.65. The molecule has 0 saturated carbocycles. The summed E-state index contributed by atoms with van der Waals surface area (Å²) in [6, 6.07) is 4.38. The molecule has 0 amide bonds. The van der Waals surface area contributed by atoms with Crippen molar-refractivity contribution in [3.8, 4) is 0 Å². The number of hydrogen-bond donors (Lipinski definition) is 1. The van der Waals surface area contributed by atoms with Gasteiger partial charge in [0, 0.05) is 6.42 Å². The predicted octanol–water partition coefficient (Wildman–Crippen LogP) is 2.20. The van der Waals surface area contributed by atoms with Gasteiger partial charge in [-0.05, 0) is 24.6 Å². The molecule has 0 heterocycles. The molecule has 0 spiro atoms. The maximum atomic E-state index is 12.2. The molecule has 16 heavy (non-hydrogen) atoms. The highest BCUT2D eigenvalue weighted by Gasteiger charge is 2.29. The maximum absolute atomic E-state index is 12.2. The molecule has 0 saturated heterocycles. The molecule has 88 valence electrons. The third kappa shape index (κ3) is 3.34. The Morgan fingerprint density at radius 2 is 1.81 bits per heavy atom. The highest BCUT2D eigenvalue weighted by Crippen LogP contribution is 2.29. The van der Waals surface area contributed by atoms with E-state index in [4.69, 9.17) is 0 Å². The van der Waals surface area contributed by atoms with E-state index in [1.807, 2.05) is 0 Å². The van der Waals surface area contributed by atoms with Gasteiger partial charge < -0.3 is 5.11 Å². The fraction of sp³-hybridized carbons (Fsp3) is 0.364. The van der Waals surface area contributed by atoms with Crippen LogP contribution in [0, 0.1) is 0 Å². The number of aliphatic hydroxyl groups excluding tert-OH is 1. The van der Waals surface area contributed by atoms with Crippen molar-refractivity contribution < 1.29 is 23.1 Å². The molecule has 1 unspecified atom stereocenters. The summed E-state index contributed by atoms with van der Waals surface area (Å²) < 4.78 is 36.6. The van der Waals surface area contributed by atoms with Crippen LogP contribution in [-0.4, -0.2) is 17.0 Å². The van der Waals surface area contributed by atoms with E-state index in [2.05, 4.69) is 0 Å². The average Bonchev–Trinajstić information content (AvgIpc) is 2.17. The van der Waals surface area contributed by atoms with Gasteiger partial charge in [0.15, 0.2) is 5.78 Å². The lowest BCUT2D eigenvalue weighted by molar-refractivity contribution is -0.137. The SMILES string of the molecule is CC(=O)C(O)Cc1ccc(C(F)(F)F)cc1. The van der Waals surface area contributed by atoms with Crippen LogP contribution in [0.4, 0.5) is 13.2 Å². The number of benzene rings is 1. The molecule has 1 aromatic carbocycles. The Hall–Kier alpha value is -1.36. The standard InChI is InChI=1S/C11H11F3O2/c1-7(15)10(16)6-8-2-4-9(5-3-8)11(12,13)14/h2-5,10,16H,6H2,1H3. The molecule has 1 N–H and O–H groups in total. The van der Waals surface area contributed by atoms with Crippen LogP contribution in [0.5, 0.6) is 0 Å². The minimum Gasteiger partial charge on any atom is -0.385 e. The number of carbonyl (C=O) groups excluding carboxylic acids is 1. The molecule has 1 atom stereocenters. The van der Waals surface area contributed by atoms with Gasteiger partial charge in [0.1, 0.15) is 6.10 Å². The first-order chi connectivity index (χ1) is 7.30. The lowest BCUT2D eigenvalue weighted by atomic mass is 10.0. The van der Waals surface area contributed by atoms with E-state index < -0.39 is 23.6 Å². The number of carbonyl (C=O) groups is 1. The van der Waals surface area contributed by atoms with Crippen LogP contribution < -0.4 is 0 Å². The molecule has 0 radical (unpaired) electrons. The Kier molecular flexibility index (Phi) is 3.70. The number of hydrogen-bond acceptors (Lipinski definition) is 2. The second-order valence-electron chi connectivity index (χ2n) is 3.53. The minimum atomic E-state index is -4.36. The van der Waals surface area contributed by atoms with Gasteiger partial charge in [-0.25, -0.2) is 0 Å². The number of alkyl halides is 3. The van der Waals surface area contributed by atoms with Crippen LogP contribution in [0.3, 0.4) is 0 Å². The van der Waals surface area contributed by atoms with Gasteiger partial charge in [0.2, 0.25) is 0 Å². The minimum absolute atomic E-state index is 0.0352. The topological polar surface area (TPSA) is 37.3 Å². The zero-order valence-electron chi connectivity index (χ0n) is 8.58. The van der Waals surface area contributed by atoms with Crippen molar-refractivity contribution in [2.75, 3.05) is 0 Å². The van der Waals surface area contributed by atoms with Gasteiger partial charge in [0.05, 0.1) is 5.56 Å². The van der Waals surface area contributed by atoms with E-state index in [1.165, 1.54) is 19.1 Å². The summed E-state index contributed by atoms with van der Waals surface area (Å²) in [7, 11) is 0. The second kappa shape index (κ2) is 4.65. The summed E-state index contributed by atoms with van der Waals surface area (Å²) >= 11 is 0. The summed E-state index contributed by atoms with van der Waals surface area (Å²) in [5.74, 6) is -0.403. The Labute approximate surface area is 90.7 Å². The zero-order chi connectivity index (χ0) is 12.3. The third-order valence-corrected chi connectivity index (χ3v) is 2.18. The quantitative estimate of drug-likeness (QED) is 0.867. The van der Waals surface area contributed by atoms with E-state index in [0.29, 0.717) is 5.56 Å². The average molecular weight is 232 g/mol. The van der Waals surface area contributed by atoms with E-state index in [1.54, 1.807) is 0 Å². The Bertz CT molecular complexity index is 368. The molecule has 0 bridgehead atoms. The van der Waals surface area contributed by atoms with Crippen LogP contribution in [0.25, 0.3) is 0 Å². The van der Waals surface area contributed by atoms with E-state index in [0.717, 1.165) is 12.1 Å². The fourth-order valence-corrected chi connectivity index (χ4v) is 1.20. The van der Waals surface area contributed by atoms with Gasteiger partial charge in [-0.1, -0.05) is 12.1 Å². The smallest absolute Gasteiger partial charge is 0.385 e. The molecular formula is C11H11F3O2. The number of Topliss-reactive ketones (excluding diaryl/α,β-unsaturated/α-hetero) is 1. The Morgan fingerprint density at radius 3 is 2.19 bits per heavy atom. The summed E-state index contributed by atoms with van der Waals surface area (Å²) in [5.41, 5.74) is -0.246. The highest BCUT2D eigenvalue weighted by molar-refractivity contribution is 5.80. The third-order valence-electron chi connectivity index (χ3n) is 2.18. The second-order valence-corrected chi connectivity index (χ2v) is 3.53. The number of halogens is 3. The fourth-order valence-electron chi connectivity index (χ4n) is 1.20. The van der Waals surface area contributed by atoms with Gasteiger partial charge in [0.25, 0.3) is 0 Å². The van der Waals surface area contributed by atoms with Crippen molar-refractivity contribution in [2.45, 2.75) is 25.6 Å². The summed E-state index contributed by atoms with van der Waals surface area (Å²) in [6.07, 6.45) is -5.48. The van der Waals surface area contributed by atoms with E-state index in [-0.39, 0.29) is 6.42 Å². The number of ketones is 1. The van der Waals surface area contributed by atoms with Crippen LogP contribution in [0.2, 0.25) is 0 Å². The molecule has 1 aromatic rings. The van der Waals surface area contributed by atoms with Crippen LogP contribution in [0.1, 0.15) is 18.1 Å². The first-order valence-corrected chi connectivity index (χ1v) is 4.65. The summed E-state index contributed by atoms with van der Waals surface area (Å²) in [4.78, 5) is 10.7. The van der Waals surface area contributed by atoms with Crippen molar-refractivity contribution in [2.24, 2.45) is 0 Å². The molecule has 1 rings (SSSR count). The molecular weight excluding hydrogens is 221 g/mol. The highest BCUT2D eigenvalue weighted by atomic mass is 19.4. The van der Waals surface area contributed by atoms with E-state index in [9.17, 15) is 23.1 Å². The van der Waals surface area contributed by atoms with Crippen LogP contribution in [-0.2, 0) is 17.4 Å². The monoisotopic (exact) mass is 232 g/mol.